The topological polar surface area (TPSA) is 84.3 Å². The standard InChI is InChI=1S/C22H24N4O3S/c1-14-15(2)30-20-19(14)22(29)26(13-23-20)12-9-18(27)24-17-8-4-3-7-16(17)21(28)25-10-5-6-11-25/h3-4,7-8,13H,5-6,9-12H2,1-2H3,(H,24,27). The van der Waals surface area contributed by atoms with Crippen molar-refractivity contribution < 1.29 is 9.59 Å². The molecule has 0 aliphatic carbocycles. The van der Waals surface area contributed by atoms with E-state index >= 15 is 0 Å². The highest BCUT2D eigenvalue weighted by Crippen LogP contribution is 2.25. The summed E-state index contributed by atoms with van der Waals surface area (Å²) in [6, 6.07) is 7.06. The first-order chi connectivity index (χ1) is 14.5. The van der Waals surface area contributed by atoms with Crippen LogP contribution in [-0.4, -0.2) is 39.4 Å². The van der Waals surface area contributed by atoms with E-state index in [0.717, 1.165) is 41.2 Å². The van der Waals surface area contributed by atoms with Gasteiger partial charge >= 0.3 is 0 Å². The zero-order valence-corrected chi connectivity index (χ0v) is 17.9. The van der Waals surface area contributed by atoms with E-state index < -0.39 is 0 Å². The smallest absolute Gasteiger partial charge is 0.262 e. The molecule has 0 spiro atoms. The van der Waals surface area contributed by atoms with Gasteiger partial charge in [0, 0.05) is 30.9 Å². The predicted molar refractivity (Wildman–Crippen MR) is 118 cm³/mol. The number of nitrogens with zero attached hydrogens (tertiary/aromatic N) is 3. The molecule has 2 aromatic heterocycles. The summed E-state index contributed by atoms with van der Waals surface area (Å²) in [5.74, 6) is -0.306. The number of hydrogen-bond acceptors (Lipinski definition) is 5. The van der Waals surface area contributed by atoms with E-state index in [4.69, 9.17) is 0 Å². The highest BCUT2D eigenvalue weighted by atomic mass is 32.1. The van der Waals surface area contributed by atoms with Crippen LogP contribution >= 0.6 is 11.3 Å². The molecule has 1 N–H and O–H groups in total. The minimum absolute atomic E-state index is 0.0578. The summed E-state index contributed by atoms with van der Waals surface area (Å²) in [7, 11) is 0. The second kappa shape index (κ2) is 8.39. The molecule has 8 heteroatoms. The minimum Gasteiger partial charge on any atom is -0.339 e. The Kier molecular flexibility index (Phi) is 5.67. The Bertz CT molecular complexity index is 1170. The van der Waals surface area contributed by atoms with Gasteiger partial charge in [0.25, 0.3) is 11.5 Å². The predicted octanol–water partition coefficient (Wildman–Crippen LogP) is 3.34. The Morgan fingerprint density at radius 3 is 2.67 bits per heavy atom. The number of benzene rings is 1. The van der Waals surface area contributed by atoms with Crippen LogP contribution in [0.15, 0.2) is 35.4 Å². The van der Waals surface area contributed by atoms with Gasteiger partial charge in [-0.2, -0.15) is 0 Å². The normalized spacial score (nSPS) is 13.7. The van der Waals surface area contributed by atoms with Gasteiger partial charge < -0.3 is 10.2 Å². The van der Waals surface area contributed by atoms with Crippen LogP contribution in [0.5, 0.6) is 0 Å². The minimum atomic E-state index is -0.248. The number of para-hydroxylation sites is 1. The zero-order chi connectivity index (χ0) is 21.3. The Hall–Kier alpha value is -3.00. The van der Waals surface area contributed by atoms with Gasteiger partial charge in [-0.15, -0.1) is 11.3 Å². The monoisotopic (exact) mass is 424 g/mol. The molecule has 2 amide bonds. The van der Waals surface area contributed by atoms with Crippen LogP contribution in [0.1, 0.15) is 40.1 Å². The first-order valence-electron chi connectivity index (χ1n) is 10.1. The fourth-order valence-corrected chi connectivity index (χ4v) is 4.72. The third-order valence-electron chi connectivity index (χ3n) is 5.56. The van der Waals surface area contributed by atoms with Crippen LogP contribution in [0.2, 0.25) is 0 Å². The summed E-state index contributed by atoms with van der Waals surface area (Å²) >= 11 is 1.50. The largest absolute Gasteiger partial charge is 0.339 e. The first kappa shape index (κ1) is 20.3. The lowest BCUT2D eigenvalue weighted by Crippen LogP contribution is -2.29. The number of carbonyl (C=O) groups is 2. The van der Waals surface area contributed by atoms with Crippen LogP contribution in [-0.2, 0) is 11.3 Å². The second-order valence-electron chi connectivity index (χ2n) is 7.55. The fourth-order valence-electron chi connectivity index (χ4n) is 3.73. The number of rotatable bonds is 5. The lowest BCUT2D eigenvalue weighted by atomic mass is 10.1. The highest BCUT2D eigenvalue weighted by molar-refractivity contribution is 7.18. The molecular formula is C22H24N4O3S. The highest BCUT2D eigenvalue weighted by Gasteiger charge is 2.22. The fraction of sp³-hybridized carbons (Fsp3) is 0.364. The molecule has 3 aromatic rings. The van der Waals surface area contributed by atoms with E-state index in [1.165, 1.54) is 22.2 Å². The quantitative estimate of drug-likeness (QED) is 0.681. The average Bonchev–Trinajstić information content (AvgIpc) is 3.36. The molecule has 156 valence electrons. The summed E-state index contributed by atoms with van der Waals surface area (Å²) in [4.78, 5) is 46.1. The second-order valence-corrected chi connectivity index (χ2v) is 8.75. The van der Waals surface area contributed by atoms with Gasteiger partial charge in [-0.1, -0.05) is 12.1 Å². The number of amides is 2. The number of likely N-dealkylation sites (tertiary alicyclic amines) is 1. The maximum absolute atomic E-state index is 12.8. The van der Waals surface area contributed by atoms with Gasteiger partial charge in [0.05, 0.1) is 23.0 Å². The number of aryl methyl sites for hydroxylation is 3. The molecule has 3 heterocycles. The van der Waals surface area contributed by atoms with Gasteiger partial charge in [0.2, 0.25) is 5.91 Å². The van der Waals surface area contributed by atoms with Crippen LogP contribution in [0.25, 0.3) is 10.2 Å². The number of carbonyl (C=O) groups excluding carboxylic acids is 2. The molecule has 0 atom stereocenters. The Labute approximate surface area is 178 Å². The summed E-state index contributed by atoms with van der Waals surface area (Å²) in [5.41, 5.74) is 1.82. The van der Waals surface area contributed by atoms with Crippen molar-refractivity contribution in [3.63, 3.8) is 0 Å². The van der Waals surface area contributed by atoms with E-state index in [1.54, 1.807) is 24.3 Å². The van der Waals surface area contributed by atoms with Crippen molar-refractivity contribution in [2.45, 2.75) is 39.7 Å². The van der Waals surface area contributed by atoms with Crippen molar-refractivity contribution in [3.8, 4) is 0 Å². The molecule has 0 bridgehead atoms. The SMILES string of the molecule is Cc1sc2ncn(CCC(=O)Nc3ccccc3C(=O)N3CCCC3)c(=O)c2c1C. The third kappa shape index (κ3) is 3.87. The average molecular weight is 425 g/mol. The summed E-state index contributed by atoms with van der Waals surface area (Å²) in [6.07, 6.45) is 3.63. The molecular weight excluding hydrogens is 400 g/mol. The number of anilines is 1. The van der Waals surface area contributed by atoms with Gasteiger partial charge in [-0.05, 0) is 44.4 Å². The number of fused-ring (bicyclic) bond motifs is 1. The molecule has 0 unspecified atom stereocenters. The van der Waals surface area contributed by atoms with Crippen molar-refractivity contribution in [3.05, 3.63) is 57.0 Å². The van der Waals surface area contributed by atoms with Gasteiger partial charge in [-0.3, -0.25) is 19.0 Å². The van der Waals surface area contributed by atoms with Crippen LogP contribution in [0.4, 0.5) is 5.69 Å². The van der Waals surface area contributed by atoms with Crippen molar-refractivity contribution in [2.75, 3.05) is 18.4 Å². The first-order valence-corrected chi connectivity index (χ1v) is 10.9. The van der Waals surface area contributed by atoms with Crippen molar-refractivity contribution >= 4 is 39.1 Å². The molecule has 1 aromatic carbocycles. The van der Waals surface area contributed by atoms with E-state index in [-0.39, 0.29) is 30.3 Å². The lowest BCUT2D eigenvalue weighted by Gasteiger charge is -2.18. The van der Waals surface area contributed by atoms with Crippen LogP contribution in [0.3, 0.4) is 0 Å². The molecule has 0 radical (unpaired) electrons. The maximum atomic E-state index is 12.8. The molecule has 7 nitrogen and oxygen atoms in total. The molecule has 0 saturated carbocycles. The van der Waals surface area contributed by atoms with E-state index in [0.29, 0.717) is 16.6 Å². The van der Waals surface area contributed by atoms with Crippen LogP contribution in [0, 0.1) is 13.8 Å². The third-order valence-corrected chi connectivity index (χ3v) is 6.68. The van der Waals surface area contributed by atoms with Gasteiger partial charge in [0.1, 0.15) is 4.83 Å². The summed E-state index contributed by atoms with van der Waals surface area (Å²) in [5, 5.41) is 3.46. The van der Waals surface area contributed by atoms with E-state index in [1.807, 2.05) is 18.7 Å². The summed E-state index contributed by atoms with van der Waals surface area (Å²) < 4.78 is 1.47. The molecule has 4 rings (SSSR count). The number of nitrogens with one attached hydrogen (secondary N) is 1. The van der Waals surface area contributed by atoms with E-state index in [2.05, 4.69) is 10.3 Å². The molecule has 1 fully saturated rings. The van der Waals surface area contributed by atoms with Crippen molar-refractivity contribution in [1.82, 2.24) is 14.5 Å². The Morgan fingerprint density at radius 2 is 1.90 bits per heavy atom. The number of hydrogen-bond donors (Lipinski definition) is 1. The number of thiophene rings is 1. The zero-order valence-electron chi connectivity index (χ0n) is 17.1. The van der Waals surface area contributed by atoms with Gasteiger partial charge in [-0.25, -0.2) is 4.98 Å². The van der Waals surface area contributed by atoms with Crippen LogP contribution < -0.4 is 10.9 Å². The Morgan fingerprint density at radius 1 is 1.17 bits per heavy atom. The Balaban J connectivity index is 1.47. The van der Waals surface area contributed by atoms with E-state index in [9.17, 15) is 14.4 Å². The molecule has 30 heavy (non-hydrogen) atoms. The summed E-state index contributed by atoms with van der Waals surface area (Å²) in [6.45, 7) is 5.62. The molecule has 1 saturated heterocycles. The maximum Gasteiger partial charge on any atom is 0.262 e. The van der Waals surface area contributed by atoms with Crippen molar-refractivity contribution in [1.29, 1.82) is 0 Å². The molecule has 1 aliphatic rings. The lowest BCUT2D eigenvalue weighted by molar-refractivity contribution is -0.116. The molecule has 1 aliphatic heterocycles. The van der Waals surface area contributed by atoms with Gasteiger partial charge in [0.15, 0.2) is 0 Å². The number of aromatic nitrogens is 2. The van der Waals surface area contributed by atoms with Crippen molar-refractivity contribution in [2.24, 2.45) is 0 Å².